The summed E-state index contributed by atoms with van der Waals surface area (Å²) in [5.74, 6) is 0.823. The molecule has 126 valence electrons. The summed E-state index contributed by atoms with van der Waals surface area (Å²) < 4.78 is 7.66. The van der Waals surface area contributed by atoms with Gasteiger partial charge in [-0.2, -0.15) is 0 Å². The number of aromatic nitrogens is 2. The van der Waals surface area contributed by atoms with Crippen molar-refractivity contribution in [3.63, 3.8) is 0 Å². The Kier molecular flexibility index (Phi) is 4.06. The molecule has 0 spiro atoms. The Hall–Kier alpha value is -2.23. The van der Waals surface area contributed by atoms with E-state index in [0.29, 0.717) is 16.6 Å². The van der Waals surface area contributed by atoms with Gasteiger partial charge >= 0.3 is 0 Å². The van der Waals surface area contributed by atoms with Gasteiger partial charge in [-0.25, -0.2) is 0 Å². The van der Waals surface area contributed by atoms with Gasteiger partial charge in [0.2, 0.25) is 0 Å². The summed E-state index contributed by atoms with van der Waals surface area (Å²) in [4.78, 5) is 4.48. The largest absolute Gasteiger partial charge is 0.497 e. The molecule has 3 nitrogen and oxygen atoms in total. The number of hydrogen-bond donors (Lipinski definition) is 0. The fraction of sp³-hybridized carbons (Fsp3) is 0.150. The molecule has 2 aromatic heterocycles. The summed E-state index contributed by atoms with van der Waals surface area (Å²) in [6.07, 6.45) is 1.85. The molecule has 0 saturated heterocycles. The van der Waals surface area contributed by atoms with E-state index in [2.05, 4.69) is 27.8 Å². The summed E-state index contributed by atoms with van der Waals surface area (Å²) in [5, 5.41) is 3.64. The molecule has 0 unspecified atom stereocenters. The highest BCUT2D eigenvalue weighted by Crippen LogP contribution is 2.34. The smallest absolute Gasteiger partial charge is 0.120 e. The number of ether oxygens (including phenoxy) is 1. The van der Waals surface area contributed by atoms with Gasteiger partial charge in [0.05, 0.1) is 23.8 Å². The SMILES string of the molecule is COc1ccc2c3ccnc(C)c3n(Cc3ccc(Cl)cc3Cl)c2c1. The minimum Gasteiger partial charge on any atom is -0.497 e. The lowest BCUT2D eigenvalue weighted by Crippen LogP contribution is -2.02. The van der Waals surface area contributed by atoms with Crippen LogP contribution >= 0.6 is 23.2 Å². The van der Waals surface area contributed by atoms with E-state index < -0.39 is 0 Å². The van der Waals surface area contributed by atoms with E-state index in [9.17, 15) is 0 Å². The van der Waals surface area contributed by atoms with Gasteiger partial charge in [0, 0.05) is 39.6 Å². The van der Waals surface area contributed by atoms with Crippen LogP contribution in [0.5, 0.6) is 5.75 Å². The summed E-state index contributed by atoms with van der Waals surface area (Å²) in [6, 6.07) is 13.8. The maximum absolute atomic E-state index is 6.41. The van der Waals surface area contributed by atoms with E-state index in [1.165, 1.54) is 10.8 Å². The fourth-order valence-corrected chi connectivity index (χ4v) is 3.78. The van der Waals surface area contributed by atoms with Crippen LogP contribution in [-0.4, -0.2) is 16.7 Å². The van der Waals surface area contributed by atoms with E-state index in [1.54, 1.807) is 13.2 Å². The van der Waals surface area contributed by atoms with Gasteiger partial charge in [0.25, 0.3) is 0 Å². The highest BCUT2D eigenvalue weighted by Gasteiger charge is 2.15. The molecular formula is C20H16Cl2N2O. The number of halogens is 2. The second-order valence-corrected chi connectivity index (χ2v) is 6.84. The molecule has 2 heterocycles. The van der Waals surface area contributed by atoms with E-state index in [0.717, 1.165) is 28.0 Å². The summed E-state index contributed by atoms with van der Waals surface area (Å²) in [6.45, 7) is 2.66. The van der Waals surface area contributed by atoms with Crippen molar-refractivity contribution in [1.29, 1.82) is 0 Å². The molecule has 5 heteroatoms. The molecule has 25 heavy (non-hydrogen) atoms. The topological polar surface area (TPSA) is 27.1 Å². The molecule has 0 aliphatic heterocycles. The molecule has 2 aromatic carbocycles. The second-order valence-electron chi connectivity index (χ2n) is 6.00. The lowest BCUT2D eigenvalue weighted by atomic mass is 10.1. The van der Waals surface area contributed by atoms with Crippen LogP contribution in [0, 0.1) is 6.92 Å². The van der Waals surface area contributed by atoms with Crippen molar-refractivity contribution in [3.8, 4) is 5.75 Å². The minimum atomic E-state index is 0.635. The molecule has 0 fully saturated rings. The Morgan fingerprint density at radius 1 is 1.04 bits per heavy atom. The van der Waals surface area contributed by atoms with Crippen LogP contribution in [0.15, 0.2) is 48.7 Å². The molecular weight excluding hydrogens is 355 g/mol. The third kappa shape index (κ3) is 2.74. The van der Waals surface area contributed by atoms with Crippen LogP contribution in [0.1, 0.15) is 11.3 Å². The third-order valence-corrected chi connectivity index (χ3v) is 5.09. The fourth-order valence-electron chi connectivity index (χ4n) is 3.31. The molecule has 4 rings (SSSR count). The van der Waals surface area contributed by atoms with Crippen molar-refractivity contribution in [2.24, 2.45) is 0 Å². The summed E-state index contributed by atoms with van der Waals surface area (Å²) in [5.41, 5.74) is 4.20. The Labute approximate surface area is 155 Å². The standard InChI is InChI=1S/C20H16Cl2N2O/c1-12-20-17(7-8-23-12)16-6-5-15(25-2)10-19(16)24(20)11-13-3-4-14(21)9-18(13)22/h3-10H,11H2,1-2H3. The monoisotopic (exact) mass is 370 g/mol. The molecule has 4 aromatic rings. The minimum absolute atomic E-state index is 0.635. The van der Waals surface area contributed by atoms with Crippen LogP contribution in [0.2, 0.25) is 10.0 Å². The predicted molar refractivity (Wildman–Crippen MR) is 104 cm³/mol. The van der Waals surface area contributed by atoms with Gasteiger partial charge in [0.1, 0.15) is 5.75 Å². The van der Waals surface area contributed by atoms with Gasteiger partial charge in [-0.05, 0) is 42.8 Å². The van der Waals surface area contributed by atoms with Gasteiger partial charge < -0.3 is 9.30 Å². The first-order valence-electron chi connectivity index (χ1n) is 7.94. The Morgan fingerprint density at radius 2 is 1.88 bits per heavy atom. The molecule has 0 atom stereocenters. The summed E-state index contributed by atoms with van der Waals surface area (Å²) >= 11 is 12.4. The van der Waals surface area contributed by atoms with Crippen LogP contribution in [0.3, 0.4) is 0 Å². The quantitative estimate of drug-likeness (QED) is 0.451. The highest BCUT2D eigenvalue weighted by molar-refractivity contribution is 6.35. The normalized spacial score (nSPS) is 11.4. The molecule has 0 bridgehead atoms. The van der Waals surface area contributed by atoms with Crippen molar-refractivity contribution in [2.75, 3.05) is 7.11 Å². The van der Waals surface area contributed by atoms with Crippen molar-refractivity contribution in [3.05, 3.63) is 70.0 Å². The number of aryl methyl sites for hydroxylation is 1. The van der Waals surface area contributed by atoms with E-state index in [-0.39, 0.29) is 0 Å². The van der Waals surface area contributed by atoms with Crippen LogP contribution in [0.4, 0.5) is 0 Å². The first-order chi connectivity index (χ1) is 12.1. The number of pyridine rings is 1. The van der Waals surface area contributed by atoms with Crippen molar-refractivity contribution >= 4 is 45.0 Å². The maximum Gasteiger partial charge on any atom is 0.120 e. The second kappa shape index (κ2) is 6.25. The van der Waals surface area contributed by atoms with Gasteiger partial charge in [-0.15, -0.1) is 0 Å². The Balaban J connectivity index is 2.02. The van der Waals surface area contributed by atoms with Gasteiger partial charge in [-0.1, -0.05) is 29.3 Å². The first-order valence-corrected chi connectivity index (χ1v) is 8.69. The molecule has 0 aliphatic rings. The van der Waals surface area contributed by atoms with Crippen LogP contribution < -0.4 is 4.74 Å². The van der Waals surface area contributed by atoms with Crippen molar-refractivity contribution in [1.82, 2.24) is 9.55 Å². The van der Waals surface area contributed by atoms with Crippen LogP contribution in [0.25, 0.3) is 21.8 Å². The maximum atomic E-state index is 6.41. The summed E-state index contributed by atoms with van der Waals surface area (Å²) in [7, 11) is 1.68. The average Bonchev–Trinajstić information content (AvgIpc) is 2.92. The van der Waals surface area contributed by atoms with Gasteiger partial charge in [-0.3, -0.25) is 4.98 Å². The Morgan fingerprint density at radius 3 is 2.64 bits per heavy atom. The van der Waals surface area contributed by atoms with Gasteiger partial charge in [0.15, 0.2) is 0 Å². The zero-order chi connectivity index (χ0) is 17.6. The number of fused-ring (bicyclic) bond motifs is 3. The molecule has 0 N–H and O–H groups in total. The first kappa shape index (κ1) is 16.2. The number of hydrogen-bond acceptors (Lipinski definition) is 2. The van der Waals surface area contributed by atoms with Crippen LogP contribution in [-0.2, 0) is 6.54 Å². The Bertz CT molecular complexity index is 1100. The van der Waals surface area contributed by atoms with E-state index in [1.807, 2.05) is 31.3 Å². The highest BCUT2D eigenvalue weighted by atomic mass is 35.5. The molecule has 0 saturated carbocycles. The van der Waals surface area contributed by atoms with E-state index >= 15 is 0 Å². The lowest BCUT2D eigenvalue weighted by Gasteiger charge is -2.11. The van der Waals surface area contributed by atoms with E-state index in [4.69, 9.17) is 27.9 Å². The predicted octanol–water partition coefficient (Wildman–Crippen LogP) is 5.86. The zero-order valence-corrected chi connectivity index (χ0v) is 15.4. The van der Waals surface area contributed by atoms with Crippen molar-refractivity contribution in [2.45, 2.75) is 13.5 Å². The lowest BCUT2D eigenvalue weighted by molar-refractivity contribution is 0.415. The molecule has 0 amide bonds. The number of benzene rings is 2. The number of nitrogens with zero attached hydrogens (tertiary/aromatic N) is 2. The third-order valence-electron chi connectivity index (χ3n) is 4.51. The van der Waals surface area contributed by atoms with Crippen molar-refractivity contribution < 1.29 is 4.74 Å². The number of methoxy groups -OCH3 is 1. The zero-order valence-electron chi connectivity index (χ0n) is 13.9. The average molecular weight is 371 g/mol. The molecule has 0 radical (unpaired) electrons. The number of rotatable bonds is 3. The molecule has 0 aliphatic carbocycles.